The number of isothiocyanates is 2. The van der Waals surface area contributed by atoms with Crippen molar-refractivity contribution in [1.29, 1.82) is 0 Å². The zero-order valence-corrected chi connectivity index (χ0v) is 12.4. The lowest BCUT2D eigenvalue weighted by atomic mass is 10.1. The third kappa shape index (κ3) is 3.99. The molecule has 0 aliphatic rings. The van der Waals surface area contributed by atoms with Crippen LogP contribution in [0.4, 0.5) is 17.1 Å². The van der Waals surface area contributed by atoms with E-state index in [1.807, 2.05) is 18.2 Å². The van der Waals surface area contributed by atoms with Crippen LogP contribution >= 0.6 is 24.4 Å². The third-order valence-electron chi connectivity index (χ3n) is 2.60. The van der Waals surface area contributed by atoms with Crippen LogP contribution < -0.4 is 5.32 Å². The number of thiocarbonyl (C=S) groups is 2. The summed E-state index contributed by atoms with van der Waals surface area (Å²) in [6, 6.07) is 14.0. The minimum Gasteiger partial charge on any atom is -0.322 e. The third-order valence-corrected chi connectivity index (χ3v) is 2.78. The first kappa shape index (κ1) is 14.9. The van der Waals surface area contributed by atoms with Crippen LogP contribution in [-0.4, -0.2) is 16.2 Å². The van der Waals surface area contributed by atoms with E-state index < -0.39 is 0 Å². The molecule has 0 unspecified atom stereocenters. The Hall–Kier alpha value is -2.49. The van der Waals surface area contributed by atoms with Crippen molar-refractivity contribution in [2.75, 3.05) is 5.32 Å². The molecule has 1 N–H and O–H groups in total. The van der Waals surface area contributed by atoms with Crippen molar-refractivity contribution in [2.24, 2.45) is 9.98 Å². The molecule has 0 atom stereocenters. The standard InChI is InChI=1S/C15H9N3OS2/c19-15(18-12-4-2-1-3-5-12)11-6-7-13(16-9-20)14(8-11)17-10-21/h1-8H,(H,18,19). The van der Waals surface area contributed by atoms with E-state index in [0.29, 0.717) is 22.6 Å². The fraction of sp³-hybridized carbons (Fsp3) is 0. The van der Waals surface area contributed by atoms with Crippen LogP contribution in [0.25, 0.3) is 0 Å². The van der Waals surface area contributed by atoms with Gasteiger partial charge in [0.1, 0.15) is 11.4 Å². The zero-order valence-electron chi connectivity index (χ0n) is 10.7. The second kappa shape index (κ2) is 7.33. The molecule has 0 aromatic heterocycles. The molecule has 102 valence electrons. The number of nitrogens with zero attached hydrogens (tertiary/aromatic N) is 2. The molecule has 0 saturated heterocycles. The lowest BCUT2D eigenvalue weighted by Gasteiger charge is -2.06. The van der Waals surface area contributed by atoms with Gasteiger partial charge in [0, 0.05) is 11.3 Å². The van der Waals surface area contributed by atoms with Crippen molar-refractivity contribution in [1.82, 2.24) is 0 Å². The number of anilines is 1. The van der Waals surface area contributed by atoms with Crippen LogP contribution in [0.2, 0.25) is 0 Å². The van der Waals surface area contributed by atoms with E-state index in [1.165, 1.54) is 0 Å². The molecule has 0 bridgehead atoms. The van der Waals surface area contributed by atoms with Gasteiger partial charge in [-0.15, -0.1) is 0 Å². The molecule has 0 aliphatic carbocycles. The Bertz CT molecular complexity index is 762. The van der Waals surface area contributed by atoms with E-state index in [-0.39, 0.29) is 5.91 Å². The summed E-state index contributed by atoms with van der Waals surface area (Å²) < 4.78 is 0. The lowest BCUT2D eigenvalue weighted by Crippen LogP contribution is -2.11. The number of amides is 1. The van der Waals surface area contributed by atoms with Gasteiger partial charge >= 0.3 is 0 Å². The highest BCUT2D eigenvalue weighted by Crippen LogP contribution is 2.28. The van der Waals surface area contributed by atoms with Gasteiger partial charge in [0.15, 0.2) is 0 Å². The number of carbonyl (C=O) groups excluding carboxylic acids is 1. The van der Waals surface area contributed by atoms with Gasteiger partial charge < -0.3 is 5.32 Å². The van der Waals surface area contributed by atoms with Crippen molar-refractivity contribution >= 4 is 57.7 Å². The maximum absolute atomic E-state index is 12.2. The quantitative estimate of drug-likeness (QED) is 0.672. The smallest absolute Gasteiger partial charge is 0.255 e. The highest BCUT2D eigenvalue weighted by Gasteiger charge is 2.09. The zero-order chi connectivity index (χ0) is 15.1. The second-order valence-electron chi connectivity index (χ2n) is 3.93. The predicted octanol–water partition coefficient (Wildman–Crippen LogP) is 4.41. The fourth-order valence-electron chi connectivity index (χ4n) is 1.67. The molecule has 1 amide bonds. The Morgan fingerprint density at radius 3 is 2.29 bits per heavy atom. The van der Waals surface area contributed by atoms with Gasteiger partial charge in [0.05, 0.1) is 10.3 Å². The van der Waals surface area contributed by atoms with Crippen LogP contribution in [-0.2, 0) is 0 Å². The van der Waals surface area contributed by atoms with Gasteiger partial charge in [-0.1, -0.05) is 18.2 Å². The molecule has 0 radical (unpaired) electrons. The topological polar surface area (TPSA) is 53.8 Å². The van der Waals surface area contributed by atoms with E-state index in [4.69, 9.17) is 0 Å². The number of aliphatic imine (C=N–C) groups is 2. The van der Waals surface area contributed by atoms with Crippen molar-refractivity contribution in [3.63, 3.8) is 0 Å². The van der Waals surface area contributed by atoms with Crippen molar-refractivity contribution in [3.05, 3.63) is 54.1 Å². The fourth-order valence-corrected chi connectivity index (χ4v) is 1.87. The van der Waals surface area contributed by atoms with E-state index in [9.17, 15) is 4.79 Å². The summed E-state index contributed by atoms with van der Waals surface area (Å²) in [5, 5.41) is 7.30. The number of hydrogen-bond acceptors (Lipinski definition) is 5. The van der Waals surface area contributed by atoms with Gasteiger partial charge in [0.2, 0.25) is 0 Å². The van der Waals surface area contributed by atoms with E-state index in [1.54, 1.807) is 30.3 Å². The van der Waals surface area contributed by atoms with Gasteiger partial charge in [-0.2, -0.15) is 9.98 Å². The molecule has 0 spiro atoms. The molecule has 0 saturated carbocycles. The Morgan fingerprint density at radius 1 is 0.952 bits per heavy atom. The monoisotopic (exact) mass is 311 g/mol. The highest BCUT2D eigenvalue weighted by molar-refractivity contribution is 7.78. The van der Waals surface area contributed by atoms with Crippen LogP contribution in [0.1, 0.15) is 10.4 Å². The Labute approximate surface area is 132 Å². The predicted molar refractivity (Wildman–Crippen MR) is 90.2 cm³/mol. The Morgan fingerprint density at radius 2 is 1.62 bits per heavy atom. The summed E-state index contributed by atoms with van der Waals surface area (Å²) in [5.41, 5.74) is 2.05. The first-order chi connectivity index (χ1) is 10.2. The summed E-state index contributed by atoms with van der Waals surface area (Å²) in [7, 11) is 0. The van der Waals surface area contributed by atoms with Gasteiger partial charge in [-0.3, -0.25) is 4.79 Å². The number of nitrogens with one attached hydrogen (secondary N) is 1. The molecule has 2 aromatic rings. The molecule has 2 rings (SSSR count). The summed E-state index contributed by atoms with van der Waals surface area (Å²) in [6.07, 6.45) is 0. The maximum Gasteiger partial charge on any atom is 0.255 e. The molecule has 0 fully saturated rings. The average Bonchev–Trinajstić information content (AvgIpc) is 2.50. The summed E-state index contributed by atoms with van der Waals surface area (Å²) in [6.45, 7) is 0. The van der Waals surface area contributed by atoms with E-state index in [0.717, 1.165) is 0 Å². The maximum atomic E-state index is 12.2. The van der Waals surface area contributed by atoms with Crippen LogP contribution in [0.3, 0.4) is 0 Å². The molecule has 2 aromatic carbocycles. The first-order valence-corrected chi connectivity index (χ1v) is 6.72. The van der Waals surface area contributed by atoms with Gasteiger partial charge in [0.25, 0.3) is 5.91 Å². The number of benzene rings is 2. The number of carbonyl (C=O) groups is 1. The summed E-state index contributed by atoms with van der Waals surface area (Å²) in [5.74, 6) is -0.250. The van der Waals surface area contributed by atoms with Crippen LogP contribution in [0.15, 0.2) is 58.5 Å². The molecular weight excluding hydrogens is 302 g/mol. The van der Waals surface area contributed by atoms with Crippen molar-refractivity contribution < 1.29 is 4.79 Å². The van der Waals surface area contributed by atoms with Crippen LogP contribution in [0, 0.1) is 0 Å². The molecule has 6 heteroatoms. The van der Waals surface area contributed by atoms with E-state index in [2.05, 4.69) is 50.1 Å². The van der Waals surface area contributed by atoms with E-state index >= 15 is 0 Å². The van der Waals surface area contributed by atoms with Crippen LogP contribution in [0.5, 0.6) is 0 Å². The van der Waals surface area contributed by atoms with Crippen molar-refractivity contribution in [3.8, 4) is 0 Å². The largest absolute Gasteiger partial charge is 0.322 e. The summed E-state index contributed by atoms with van der Waals surface area (Å²) >= 11 is 9.15. The second-order valence-corrected chi connectivity index (χ2v) is 4.29. The molecular formula is C15H9N3OS2. The lowest BCUT2D eigenvalue weighted by molar-refractivity contribution is 0.102. The van der Waals surface area contributed by atoms with Crippen molar-refractivity contribution in [2.45, 2.75) is 0 Å². The minimum atomic E-state index is -0.250. The Kier molecular flexibility index (Phi) is 5.21. The normalized spacial score (nSPS) is 9.14. The van der Waals surface area contributed by atoms with Gasteiger partial charge in [-0.05, 0) is 54.8 Å². The summed E-state index contributed by atoms with van der Waals surface area (Å²) in [4.78, 5) is 19.9. The molecule has 4 nitrogen and oxygen atoms in total. The SMILES string of the molecule is O=C(Nc1ccccc1)c1ccc(N=C=S)c(N=C=S)c1. The molecule has 21 heavy (non-hydrogen) atoms. The highest BCUT2D eigenvalue weighted by atomic mass is 32.1. The molecule has 0 heterocycles. The molecule has 0 aliphatic heterocycles. The number of para-hydroxylation sites is 1. The number of rotatable bonds is 4. The Balaban J connectivity index is 2.31. The average molecular weight is 311 g/mol. The number of hydrogen-bond donors (Lipinski definition) is 1. The first-order valence-electron chi connectivity index (χ1n) is 5.91. The minimum absolute atomic E-state index is 0.250. The van der Waals surface area contributed by atoms with Gasteiger partial charge in [-0.25, -0.2) is 0 Å².